The minimum absolute atomic E-state index is 0.0499. The van der Waals surface area contributed by atoms with Crippen LogP contribution in [0.5, 0.6) is 0 Å². The lowest BCUT2D eigenvalue weighted by Gasteiger charge is -2.26. The Bertz CT molecular complexity index is 1780. The largest absolute Gasteiger partial charge is 0.478 e. The number of anilines is 1. The van der Waals surface area contributed by atoms with Crippen molar-refractivity contribution >= 4 is 46.4 Å². The van der Waals surface area contributed by atoms with Crippen LogP contribution < -0.4 is 10.2 Å². The summed E-state index contributed by atoms with van der Waals surface area (Å²) in [4.78, 5) is 30.5. The van der Waals surface area contributed by atoms with Crippen LogP contribution in [-0.4, -0.2) is 26.1 Å². The van der Waals surface area contributed by atoms with Gasteiger partial charge in [0.1, 0.15) is 17.6 Å². The molecule has 9 nitrogen and oxygen atoms in total. The molecule has 0 amide bonds. The van der Waals surface area contributed by atoms with Gasteiger partial charge >= 0.3 is 5.97 Å². The van der Waals surface area contributed by atoms with Crippen molar-refractivity contribution in [3.05, 3.63) is 136 Å². The van der Waals surface area contributed by atoms with E-state index < -0.39 is 10.9 Å². The molecule has 2 atom stereocenters. The van der Waals surface area contributed by atoms with Crippen LogP contribution in [0.3, 0.4) is 0 Å². The minimum atomic E-state index is -1.01. The Morgan fingerprint density at radius 3 is 2.38 bits per heavy atom. The zero-order valence-electron chi connectivity index (χ0n) is 21.8. The predicted molar refractivity (Wildman–Crippen MR) is 163 cm³/mol. The van der Waals surface area contributed by atoms with Crippen LogP contribution in [0.25, 0.3) is 11.3 Å². The predicted octanol–water partition coefficient (Wildman–Crippen LogP) is 7.28. The highest BCUT2D eigenvalue weighted by Crippen LogP contribution is 2.43. The van der Waals surface area contributed by atoms with Crippen LogP contribution in [0.4, 0.5) is 11.4 Å². The number of nitrogens with zero attached hydrogens (tertiary/aromatic N) is 3. The summed E-state index contributed by atoms with van der Waals surface area (Å²) in [6, 6.07) is 29.7. The van der Waals surface area contributed by atoms with Crippen LogP contribution in [0.2, 0.25) is 0 Å². The molecule has 3 heterocycles. The number of carbonyl (C=O) groups is 1. The number of non-ortho nitro benzene ring substituents is 1. The Labute approximate surface area is 250 Å². The first-order valence-electron chi connectivity index (χ1n) is 12.8. The quantitative estimate of drug-likeness (QED) is 0.108. The van der Waals surface area contributed by atoms with Gasteiger partial charge in [0.25, 0.3) is 5.69 Å². The number of aromatic carboxylic acids is 1. The number of nitro benzene ring substituents is 1. The summed E-state index contributed by atoms with van der Waals surface area (Å²) in [5.41, 5.74) is 2.52. The third kappa shape index (κ3) is 5.47. The lowest BCUT2D eigenvalue weighted by Crippen LogP contribution is -2.29. The summed E-state index contributed by atoms with van der Waals surface area (Å²) in [5.74, 6) is 0.170. The molecule has 208 valence electrons. The van der Waals surface area contributed by atoms with E-state index in [-0.39, 0.29) is 23.3 Å². The molecule has 0 radical (unpaired) electrons. The Morgan fingerprint density at radius 1 is 0.976 bits per heavy atom. The number of pyridine rings is 1. The van der Waals surface area contributed by atoms with E-state index in [2.05, 4.69) is 10.3 Å². The number of furan rings is 1. The first kappa shape index (κ1) is 27.2. The van der Waals surface area contributed by atoms with E-state index in [9.17, 15) is 20.0 Å². The molecule has 6 rings (SSSR count). The van der Waals surface area contributed by atoms with E-state index in [0.717, 1.165) is 21.2 Å². The average Bonchev–Trinajstić information content (AvgIpc) is 3.63. The molecule has 2 N–H and O–H groups in total. The van der Waals surface area contributed by atoms with Crippen molar-refractivity contribution in [3.63, 3.8) is 0 Å². The number of nitro groups is 1. The van der Waals surface area contributed by atoms with Gasteiger partial charge in [-0.1, -0.05) is 30.0 Å². The van der Waals surface area contributed by atoms with Crippen LogP contribution >= 0.6 is 24.0 Å². The Morgan fingerprint density at radius 2 is 1.71 bits per heavy atom. The van der Waals surface area contributed by atoms with Gasteiger partial charge in [0.05, 0.1) is 22.2 Å². The normalized spacial score (nSPS) is 16.3. The molecule has 0 bridgehead atoms. The number of rotatable bonds is 8. The van der Waals surface area contributed by atoms with E-state index in [4.69, 9.17) is 16.6 Å². The van der Waals surface area contributed by atoms with E-state index in [1.807, 2.05) is 65.6 Å². The lowest BCUT2D eigenvalue weighted by molar-refractivity contribution is -0.384. The van der Waals surface area contributed by atoms with Crippen molar-refractivity contribution in [3.8, 4) is 11.3 Å². The van der Waals surface area contributed by atoms with Crippen molar-refractivity contribution < 1.29 is 19.2 Å². The summed E-state index contributed by atoms with van der Waals surface area (Å²) in [7, 11) is 0. The van der Waals surface area contributed by atoms with Gasteiger partial charge in [0, 0.05) is 39.4 Å². The molecule has 5 aromatic rings. The molecule has 2 aromatic heterocycles. The molecule has 1 saturated heterocycles. The van der Waals surface area contributed by atoms with Crippen LogP contribution in [-0.2, 0) is 0 Å². The molecular weight excluding hydrogens is 572 g/mol. The third-order valence-electron chi connectivity index (χ3n) is 6.81. The second-order valence-corrected chi connectivity index (χ2v) is 11.0. The molecule has 1 aliphatic heterocycles. The molecule has 0 saturated carbocycles. The summed E-state index contributed by atoms with van der Waals surface area (Å²) >= 11 is 7.31. The number of thiocarbonyl (C=S) groups is 1. The Hall–Kier alpha value is -5.00. The summed E-state index contributed by atoms with van der Waals surface area (Å²) in [5, 5.41) is 24.3. The molecule has 1 fully saturated rings. The molecule has 42 heavy (non-hydrogen) atoms. The molecule has 0 spiro atoms. The number of nitrogens with one attached hydrogen (secondary N) is 1. The number of benzene rings is 3. The SMILES string of the molecule is O=C(O)c1cccc(-c2ccc(C3C(c4ccccn4)NC(=S)N3c3ccc(Sc4ccc([N+](=O)[O-])cc4)cc3)o2)c1. The van der Waals surface area contributed by atoms with Gasteiger partial charge in [-0.15, -0.1) is 0 Å². The molecular formula is C31H22N4O5S2. The third-order valence-corrected chi connectivity index (χ3v) is 8.14. The van der Waals surface area contributed by atoms with Crippen molar-refractivity contribution in [1.29, 1.82) is 0 Å². The van der Waals surface area contributed by atoms with Gasteiger partial charge in [0.2, 0.25) is 0 Å². The summed E-state index contributed by atoms with van der Waals surface area (Å²) < 4.78 is 6.36. The van der Waals surface area contributed by atoms with E-state index >= 15 is 0 Å². The van der Waals surface area contributed by atoms with Gasteiger partial charge in [0.15, 0.2) is 5.11 Å². The Balaban J connectivity index is 1.32. The van der Waals surface area contributed by atoms with Crippen molar-refractivity contribution in [2.45, 2.75) is 21.9 Å². The highest BCUT2D eigenvalue weighted by molar-refractivity contribution is 7.99. The maximum Gasteiger partial charge on any atom is 0.335 e. The van der Waals surface area contributed by atoms with Crippen molar-refractivity contribution in [2.24, 2.45) is 0 Å². The van der Waals surface area contributed by atoms with Gasteiger partial charge in [-0.3, -0.25) is 15.1 Å². The van der Waals surface area contributed by atoms with Crippen molar-refractivity contribution in [1.82, 2.24) is 10.3 Å². The zero-order valence-corrected chi connectivity index (χ0v) is 23.4. The maximum atomic E-state index is 11.5. The van der Waals surface area contributed by atoms with Gasteiger partial charge in [-0.2, -0.15) is 0 Å². The number of hydrogen-bond donors (Lipinski definition) is 2. The highest BCUT2D eigenvalue weighted by atomic mass is 32.2. The van der Waals surface area contributed by atoms with E-state index in [0.29, 0.717) is 22.2 Å². The average molecular weight is 595 g/mol. The molecule has 2 unspecified atom stereocenters. The van der Waals surface area contributed by atoms with Crippen LogP contribution in [0.15, 0.2) is 124 Å². The van der Waals surface area contributed by atoms with Gasteiger partial charge < -0.3 is 19.7 Å². The number of carboxylic acid groups (broad SMARTS) is 1. The lowest BCUT2D eigenvalue weighted by atomic mass is 10.0. The minimum Gasteiger partial charge on any atom is -0.478 e. The Kier molecular flexibility index (Phi) is 7.43. The number of hydrogen-bond acceptors (Lipinski definition) is 7. The summed E-state index contributed by atoms with van der Waals surface area (Å²) in [6.45, 7) is 0. The number of aromatic nitrogens is 1. The monoisotopic (exact) mass is 594 g/mol. The van der Waals surface area contributed by atoms with E-state index in [1.165, 1.54) is 30.0 Å². The van der Waals surface area contributed by atoms with Crippen molar-refractivity contribution in [2.75, 3.05) is 4.90 Å². The second-order valence-electron chi connectivity index (χ2n) is 9.43. The second kappa shape index (κ2) is 11.5. The van der Waals surface area contributed by atoms with Crippen LogP contribution in [0, 0.1) is 10.1 Å². The van der Waals surface area contributed by atoms with Crippen LogP contribution in [0.1, 0.15) is 33.9 Å². The highest BCUT2D eigenvalue weighted by Gasteiger charge is 2.42. The molecule has 0 aliphatic carbocycles. The fraction of sp³-hybridized carbons (Fsp3) is 0.0645. The number of carboxylic acids is 1. The molecule has 1 aliphatic rings. The first-order valence-corrected chi connectivity index (χ1v) is 14.1. The maximum absolute atomic E-state index is 11.5. The first-order chi connectivity index (χ1) is 20.4. The standard InChI is InChI=1S/C31H22N4O5S2/c36-30(37)20-5-3-4-19(18-20)26-15-16-27(40-26)29-28(25-6-1-2-17-32-25)33-31(41)34(29)21-7-11-23(12-8-21)42-24-13-9-22(10-14-24)35(38)39/h1-18,28-29H,(H,33,41)(H,36,37). The molecule has 3 aromatic carbocycles. The van der Waals surface area contributed by atoms with Gasteiger partial charge in [-0.05, 0) is 85.0 Å². The zero-order chi connectivity index (χ0) is 29.2. The van der Waals surface area contributed by atoms with Gasteiger partial charge in [-0.25, -0.2) is 4.79 Å². The summed E-state index contributed by atoms with van der Waals surface area (Å²) in [6.07, 6.45) is 1.73. The fourth-order valence-corrected chi connectivity index (χ4v) is 6.00. The van der Waals surface area contributed by atoms with E-state index in [1.54, 1.807) is 30.5 Å². The topological polar surface area (TPSA) is 122 Å². The molecule has 11 heteroatoms. The smallest absolute Gasteiger partial charge is 0.335 e. The fourth-order valence-electron chi connectivity index (χ4n) is 4.84.